The summed E-state index contributed by atoms with van der Waals surface area (Å²) in [6.07, 6.45) is 6.93. The first-order valence-corrected chi connectivity index (χ1v) is 5.16. The van der Waals surface area contributed by atoms with Crippen LogP contribution in [0.3, 0.4) is 0 Å². The summed E-state index contributed by atoms with van der Waals surface area (Å²) in [4.78, 5) is 1.59. The summed E-state index contributed by atoms with van der Waals surface area (Å²) in [5.41, 5.74) is 1.54. The van der Waals surface area contributed by atoms with Gasteiger partial charge in [-0.25, -0.2) is 0 Å². The minimum Gasteiger partial charge on any atom is -0.300 e. The molecule has 1 saturated heterocycles. The van der Waals surface area contributed by atoms with Crippen molar-refractivity contribution in [1.29, 1.82) is 0 Å². The Labute approximate surface area is 71.9 Å². The number of rotatable bonds is 1. The lowest BCUT2D eigenvalue weighted by Crippen LogP contribution is -2.23. The van der Waals surface area contributed by atoms with Crippen molar-refractivity contribution in [2.75, 3.05) is 5.88 Å². The van der Waals surface area contributed by atoms with Crippen molar-refractivity contribution in [3.8, 4) is 0 Å². The zero-order chi connectivity index (χ0) is 7.68. The molecule has 11 heavy (non-hydrogen) atoms. The Morgan fingerprint density at radius 2 is 2.64 bits per heavy atom. The second-order valence-electron chi connectivity index (χ2n) is 2.93. The number of nitrogens with one attached hydrogen (secondary N) is 1. The van der Waals surface area contributed by atoms with Gasteiger partial charge < -0.3 is 0 Å². The average molecular weight is 167 g/mol. The predicted octanol–water partition coefficient (Wildman–Crippen LogP) is 2.27. The highest BCUT2D eigenvalue weighted by atomic mass is 32.2. The number of fused-ring (bicyclic) bond motifs is 1. The van der Waals surface area contributed by atoms with Crippen LogP contribution in [0.2, 0.25) is 0 Å². The predicted molar refractivity (Wildman–Crippen MR) is 50.5 cm³/mol. The summed E-state index contributed by atoms with van der Waals surface area (Å²) in [7, 11) is 0. The van der Waals surface area contributed by atoms with Gasteiger partial charge in [0.05, 0.1) is 0 Å². The van der Waals surface area contributed by atoms with Crippen LogP contribution in [0, 0.1) is 0 Å². The van der Waals surface area contributed by atoms with Crippen molar-refractivity contribution >= 4 is 11.8 Å². The van der Waals surface area contributed by atoms with Crippen LogP contribution in [0.5, 0.6) is 0 Å². The van der Waals surface area contributed by atoms with Crippen LogP contribution < -0.4 is 5.32 Å². The van der Waals surface area contributed by atoms with E-state index in [2.05, 4.69) is 24.4 Å². The molecule has 60 valence electrons. The standard InChI is InChI=1S/C9H13NS/c1-2-7-4-3-5-8-9(7)11-6-10-8/h3-4,8,10H,2,5-6H2,1H3. The Morgan fingerprint density at radius 3 is 3.45 bits per heavy atom. The largest absolute Gasteiger partial charge is 0.300 e. The van der Waals surface area contributed by atoms with Gasteiger partial charge in [-0.1, -0.05) is 19.1 Å². The van der Waals surface area contributed by atoms with Crippen LogP contribution in [-0.4, -0.2) is 11.9 Å². The van der Waals surface area contributed by atoms with E-state index in [4.69, 9.17) is 0 Å². The molecule has 0 saturated carbocycles. The molecule has 1 N–H and O–H groups in total. The minimum atomic E-state index is 0.653. The maximum Gasteiger partial charge on any atom is 0.0468 e. The molecule has 1 heterocycles. The molecule has 1 unspecified atom stereocenters. The lowest BCUT2D eigenvalue weighted by atomic mass is 10.0. The first kappa shape index (κ1) is 7.44. The fraction of sp³-hybridized carbons (Fsp3) is 0.556. The van der Waals surface area contributed by atoms with Crippen molar-refractivity contribution in [1.82, 2.24) is 5.32 Å². The van der Waals surface area contributed by atoms with Crippen molar-refractivity contribution in [2.24, 2.45) is 0 Å². The molecule has 0 spiro atoms. The van der Waals surface area contributed by atoms with E-state index in [1.807, 2.05) is 11.8 Å². The summed E-state index contributed by atoms with van der Waals surface area (Å²) >= 11 is 1.98. The summed E-state index contributed by atoms with van der Waals surface area (Å²) in [5, 5.41) is 3.48. The molecule has 0 aromatic carbocycles. The van der Waals surface area contributed by atoms with Crippen molar-refractivity contribution < 1.29 is 0 Å². The molecule has 0 aromatic rings. The van der Waals surface area contributed by atoms with Gasteiger partial charge in [0.25, 0.3) is 0 Å². The SMILES string of the molecule is CCC1=C2SCNC2CC=C1. The average Bonchev–Trinajstić information content (AvgIpc) is 2.50. The smallest absolute Gasteiger partial charge is 0.0468 e. The lowest BCUT2D eigenvalue weighted by molar-refractivity contribution is 0.664. The van der Waals surface area contributed by atoms with Crippen LogP contribution >= 0.6 is 11.8 Å². The first-order chi connectivity index (χ1) is 5.42. The normalized spacial score (nSPS) is 29.4. The Bertz CT molecular complexity index is 218. The zero-order valence-electron chi connectivity index (χ0n) is 6.76. The van der Waals surface area contributed by atoms with Gasteiger partial charge in [0.15, 0.2) is 0 Å². The zero-order valence-corrected chi connectivity index (χ0v) is 7.58. The molecule has 0 bridgehead atoms. The van der Waals surface area contributed by atoms with Gasteiger partial charge in [-0.2, -0.15) is 0 Å². The number of allylic oxidation sites excluding steroid dienone is 2. The van der Waals surface area contributed by atoms with Gasteiger partial charge >= 0.3 is 0 Å². The van der Waals surface area contributed by atoms with Crippen LogP contribution in [0.25, 0.3) is 0 Å². The third-order valence-electron chi connectivity index (χ3n) is 2.26. The quantitative estimate of drug-likeness (QED) is 0.643. The molecule has 0 radical (unpaired) electrons. The molecule has 2 heteroatoms. The van der Waals surface area contributed by atoms with Crippen LogP contribution in [0.4, 0.5) is 0 Å². The molecule has 0 aromatic heterocycles. The van der Waals surface area contributed by atoms with E-state index < -0.39 is 0 Å². The maximum atomic E-state index is 3.48. The van der Waals surface area contributed by atoms with E-state index in [0.29, 0.717) is 6.04 Å². The third kappa shape index (κ3) is 1.25. The second kappa shape index (κ2) is 3.03. The summed E-state index contributed by atoms with van der Waals surface area (Å²) < 4.78 is 0. The van der Waals surface area contributed by atoms with Crippen molar-refractivity contribution in [2.45, 2.75) is 25.8 Å². The third-order valence-corrected chi connectivity index (χ3v) is 3.43. The van der Waals surface area contributed by atoms with E-state index in [9.17, 15) is 0 Å². The number of hydrogen-bond acceptors (Lipinski definition) is 2. The minimum absolute atomic E-state index is 0.653. The molecular formula is C9H13NS. The van der Waals surface area contributed by atoms with Crippen LogP contribution in [-0.2, 0) is 0 Å². The van der Waals surface area contributed by atoms with E-state index in [0.717, 1.165) is 5.88 Å². The Kier molecular flexibility index (Phi) is 2.05. The monoisotopic (exact) mass is 167 g/mol. The Hall–Kier alpha value is -0.210. The summed E-state index contributed by atoms with van der Waals surface area (Å²) in [6.45, 7) is 2.23. The van der Waals surface area contributed by atoms with Gasteiger partial charge in [-0.05, 0) is 18.4 Å². The fourth-order valence-electron chi connectivity index (χ4n) is 1.64. The van der Waals surface area contributed by atoms with E-state index >= 15 is 0 Å². The van der Waals surface area contributed by atoms with E-state index in [1.165, 1.54) is 18.4 Å². The molecule has 1 atom stereocenters. The molecular weight excluding hydrogens is 154 g/mol. The molecule has 2 rings (SSSR count). The van der Waals surface area contributed by atoms with E-state index in [-0.39, 0.29) is 0 Å². The highest BCUT2D eigenvalue weighted by Gasteiger charge is 2.23. The second-order valence-corrected chi connectivity index (χ2v) is 3.94. The fourth-order valence-corrected chi connectivity index (χ4v) is 2.86. The molecule has 1 aliphatic carbocycles. The van der Waals surface area contributed by atoms with E-state index in [1.54, 1.807) is 4.91 Å². The number of thioether (sulfide) groups is 1. The molecule has 1 fully saturated rings. The van der Waals surface area contributed by atoms with Crippen molar-refractivity contribution in [3.05, 3.63) is 22.6 Å². The van der Waals surface area contributed by atoms with Gasteiger partial charge in [-0.15, -0.1) is 11.8 Å². The van der Waals surface area contributed by atoms with Crippen molar-refractivity contribution in [3.63, 3.8) is 0 Å². The Morgan fingerprint density at radius 1 is 1.73 bits per heavy atom. The summed E-state index contributed by atoms with van der Waals surface area (Å²) in [5.74, 6) is 1.10. The first-order valence-electron chi connectivity index (χ1n) is 4.17. The summed E-state index contributed by atoms with van der Waals surface area (Å²) in [6, 6.07) is 0.653. The topological polar surface area (TPSA) is 12.0 Å². The highest BCUT2D eigenvalue weighted by molar-refractivity contribution is 8.03. The maximum absolute atomic E-state index is 3.48. The highest BCUT2D eigenvalue weighted by Crippen LogP contribution is 2.34. The van der Waals surface area contributed by atoms with Gasteiger partial charge in [-0.3, -0.25) is 5.32 Å². The van der Waals surface area contributed by atoms with Crippen LogP contribution in [0.15, 0.2) is 22.6 Å². The molecule has 1 nitrogen and oxygen atoms in total. The molecule has 2 aliphatic rings. The molecule has 1 aliphatic heterocycles. The lowest BCUT2D eigenvalue weighted by Gasteiger charge is -2.16. The number of hydrogen-bond donors (Lipinski definition) is 1. The van der Waals surface area contributed by atoms with Gasteiger partial charge in [0, 0.05) is 16.8 Å². The van der Waals surface area contributed by atoms with Gasteiger partial charge in [0.1, 0.15) is 0 Å². The Balaban J connectivity index is 2.29. The van der Waals surface area contributed by atoms with Crippen LogP contribution in [0.1, 0.15) is 19.8 Å². The van der Waals surface area contributed by atoms with Gasteiger partial charge in [0.2, 0.25) is 0 Å². The molecule has 0 amide bonds.